The van der Waals surface area contributed by atoms with Gasteiger partial charge in [0.1, 0.15) is 5.84 Å². The van der Waals surface area contributed by atoms with Crippen LogP contribution in [0.4, 0.5) is 0 Å². The fraction of sp³-hybridized carbons (Fsp3) is 0.923. The average molecular weight is 243 g/mol. The number of amidine groups is 1. The molecule has 4 nitrogen and oxygen atoms in total. The molecule has 0 spiro atoms. The summed E-state index contributed by atoms with van der Waals surface area (Å²) in [6, 6.07) is 0. The van der Waals surface area contributed by atoms with Crippen LogP contribution in [0.3, 0.4) is 0 Å². The predicted octanol–water partition coefficient (Wildman–Crippen LogP) is 2.52. The van der Waals surface area contributed by atoms with Crippen LogP contribution in [-0.2, 0) is 0 Å². The highest BCUT2D eigenvalue weighted by atomic mass is 16.4. The van der Waals surface area contributed by atoms with Crippen LogP contribution in [-0.4, -0.2) is 35.6 Å². The van der Waals surface area contributed by atoms with Gasteiger partial charge in [0.05, 0.1) is 0 Å². The van der Waals surface area contributed by atoms with Crippen molar-refractivity contribution in [3.63, 3.8) is 0 Å². The molecule has 17 heavy (non-hydrogen) atoms. The molecule has 0 aliphatic rings. The van der Waals surface area contributed by atoms with Gasteiger partial charge in [0, 0.05) is 19.5 Å². The average Bonchev–Trinajstić information content (AvgIpc) is 2.23. The monoisotopic (exact) mass is 243 g/mol. The standard InChI is InChI=1S/C13H29N3O/c1-11(2)6-5-8-16(10-12(3)4)9-7-13(14)15-17/h11-12,17H,5-10H2,1-4H3,(H2,14,15). The molecule has 0 bridgehead atoms. The van der Waals surface area contributed by atoms with Gasteiger partial charge in [-0.2, -0.15) is 0 Å². The third-order valence-electron chi connectivity index (χ3n) is 2.69. The summed E-state index contributed by atoms with van der Waals surface area (Å²) in [6.45, 7) is 12.0. The predicted molar refractivity (Wildman–Crippen MR) is 73.4 cm³/mol. The molecular formula is C13H29N3O. The molecule has 0 atom stereocenters. The van der Waals surface area contributed by atoms with Crippen LogP contribution in [0.25, 0.3) is 0 Å². The van der Waals surface area contributed by atoms with Gasteiger partial charge in [-0.1, -0.05) is 32.9 Å². The second-order valence-electron chi connectivity index (χ2n) is 5.57. The van der Waals surface area contributed by atoms with Crippen LogP contribution in [0.15, 0.2) is 5.16 Å². The first-order valence-corrected chi connectivity index (χ1v) is 6.64. The van der Waals surface area contributed by atoms with E-state index in [0.717, 1.165) is 25.6 Å². The van der Waals surface area contributed by atoms with Gasteiger partial charge in [-0.15, -0.1) is 0 Å². The van der Waals surface area contributed by atoms with Crippen molar-refractivity contribution in [3.05, 3.63) is 0 Å². The zero-order valence-electron chi connectivity index (χ0n) is 11.8. The number of nitrogens with two attached hydrogens (primary N) is 1. The van der Waals surface area contributed by atoms with Crippen molar-refractivity contribution in [3.8, 4) is 0 Å². The van der Waals surface area contributed by atoms with Crippen molar-refractivity contribution >= 4 is 5.84 Å². The van der Waals surface area contributed by atoms with Gasteiger partial charge < -0.3 is 15.8 Å². The molecule has 0 aromatic heterocycles. The first kappa shape index (κ1) is 16.2. The summed E-state index contributed by atoms with van der Waals surface area (Å²) in [5, 5.41) is 11.5. The van der Waals surface area contributed by atoms with E-state index in [0.29, 0.717) is 18.2 Å². The third kappa shape index (κ3) is 10.1. The summed E-state index contributed by atoms with van der Waals surface area (Å²) < 4.78 is 0. The molecule has 0 aromatic carbocycles. The van der Waals surface area contributed by atoms with Crippen molar-refractivity contribution in [2.45, 2.75) is 47.0 Å². The number of hydrogen-bond acceptors (Lipinski definition) is 3. The third-order valence-corrected chi connectivity index (χ3v) is 2.69. The van der Waals surface area contributed by atoms with Crippen LogP contribution < -0.4 is 5.73 Å². The number of rotatable bonds is 9. The second kappa shape index (κ2) is 9.28. The molecule has 0 amide bonds. The second-order valence-corrected chi connectivity index (χ2v) is 5.57. The van der Waals surface area contributed by atoms with E-state index in [4.69, 9.17) is 10.9 Å². The molecule has 4 heteroatoms. The summed E-state index contributed by atoms with van der Waals surface area (Å²) in [5.41, 5.74) is 5.50. The molecular weight excluding hydrogens is 214 g/mol. The minimum atomic E-state index is 0.322. The zero-order valence-corrected chi connectivity index (χ0v) is 11.8. The van der Waals surface area contributed by atoms with Gasteiger partial charge >= 0.3 is 0 Å². The molecule has 0 rings (SSSR count). The van der Waals surface area contributed by atoms with Crippen LogP contribution in [0, 0.1) is 11.8 Å². The highest BCUT2D eigenvalue weighted by molar-refractivity contribution is 5.79. The zero-order chi connectivity index (χ0) is 13.3. The summed E-state index contributed by atoms with van der Waals surface area (Å²) in [5.74, 6) is 1.74. The molecule has 0 heterocycles. The lowest BCUT2D eigenvalue weighted by molar-refractivity contribution is 0.240. The lowest BCUT2D eigenvalue weighted by atomic mass is 10.1. The lowest BCUT2D eigenvalue weighted by Crippen LogP contribution is -2.32. The minimum Gasteiger partial charge on any atom is -0.409 e. The van der Waals surface area contributed by atoms with E-state index in [1.165, 1.54) is 12.8 Å². The maximum atomic E-state index is 8.52. The molecule has 0 fully saturated rings. The Bertz CT molecular complexity index is 215. The number of nitrogens with zero attached hydrogens (tertiary/aromatic N) is 2. The fourth-order valence-corrected chi connectivity index (χ4v) is 1.86. The van der Waals surface area contributed by atoms with Crippen molar-refractivity contribution < 1.29 is 5.21 Å². The van der Waals surface area contributed by atoms with Crippen molar-refractivity contribution in [1.29, 1.82) is 0 Å². The van der Waals surface area contributed by atoms with Crippen molar-refractivity contribution in [2.75, 3.05) is 19.6 Å². The van der Waals surface area contributed by atoms with Gasteiger partial charge in [-0.3, -0.25) is 0 Å². The van der Waals surface area contributed by atoms with E-state index in [1.54, 1.807) is 0 Å². The summed E-state index contributed by atoms with van der Waals surface area (Å²) in [7, 11) is 0. The van der Waals surface area contributed by atoms with Gasteiger partial charge in [0.2, 0.25) is 0 Å². The molecule has 3 N–H and O–H groups in total. The minimum absolute atomic E-state index is 0.322. The Morgan fingerprint density at radius 2 is 1.82 bits per heavy atom. The van der Waals surface area contributed by atoms with Crippen LogP contribution in [0.2, 0.25) is 0 Å². The fourth-order valence-electron chi connectivity index (χ4n) is 1.86. The van der Waals surface area contributed by atoms with Crippen molar-refractivity contribution in [1.82, 2.24) is 4.90 Å². The van der Waals surface area contributed by atoms with Crippen molar-refractivity contribution in [2.24, 2.45) is 22.7 Å². The Balaban J connectivity index is 3.96. The maximum absolute atomic E-state index is 8.52. The number of hydrogen-bond donors (Lipinski definition) is 2. The summed E-state index contributed by atoms with van der Waals surface area (Å²) in [4.78, 5) is 2.41. The Morgan fingerprint density at radius 3 is 2.29 bits per heavy atom. The van der Waals surface area contributed by atoms with Gasteiger partial charge in [0.25, 0.3) is 0 Å². The van der Waals surface area contributed by atoms with E-state index in [1.807, 2.05) is 0 Å². The summed E-state index contributed by atoms with van der Waals surface area (Å²) in [6.07, 6.45) is 3.13. The molecule has 0 saturated heterocycles. The van der Waals surface area contributed by atoms with E-state index < -0.39 is 0 Å². The molecule has 0 unspecified atom stereocenters. The highest BCUT2D eigenvalue weighted by Gasteiger charge is 2.08. The molecule has 0 aromatic rings. The van der Waals surface area contributed by atoms with Gasteiger partial charge in [0.15, 0.2) is 0 Å². The molecule has 0 aliphatic heterocycles. The molecule has 0 aliphatic carbocycles. The SMILES string of the molecule is CC(C)CCCN(CCC(N)=NO)CC(C)C. The number of oxime groups is 1. The lowest BCUT2D eigenvalue weighted by Gasteiger charge is -2.24. The van der Waals surface area contributed by atoms with E-state index >= 15 is 0 Å². The van der Waals surface area contributed by atoms with E-state index in [-0.39, 0.29) is 0 Å². The largest absolute Gasteiger partial charge is 0.409 e. The van der Waals surface area contributed by atoms with E-state index in [9.17, 15) is 0 Å². The Morgan fingerprint density at radius 1 is 1.18 bits per heavy atom. The maximum Gasteiger partial charge on any atom is 0.140 e. The van der Waals surface area contributed by atoms with Gasteiger partial charge in [-0.25, -0.2) is 0 Å². The first-order chi connectivity index (χ1) is 7.95. The van der Waals surface area contributed by atoms with E-state index in [2.05, 4.69) is 37.8 Å². The molecule has 0 radical (unpaired) electrons. The summed E-state index contributed by atoms with van der Waals surface area (Å²) >= 11 is 0. The van der Waals surface area contributed by atoms with Crippen LogP contribution in [0.5, 0.6) is 0 Å². The Labute approximate surface area is 106 Å². The smallest absolute Gasteiger partial charge is 0.140 e. The molecule has 102 valence electrons. The topological polar surface area (TPSA) is 61.8 Å². The first-order valence-electron chi connectivity index (χ1n) is 6.64. The quantitative estimate of drug-likeness (QED) is 0.283. The van der Waals surface area contributed by atoms with Crippen LogP contribution in [0.1, 0.15) is 47.0 Å². The molecule has 0 saturated carbocycles. The Kier molecular flexibility index (Phi) is 8.86. The normalized spacial score (nSPS) is 13.0. The highest BCUT2D eigenvalue weighted by Crippen LogP contribution is 2.07. The van der Waals surface area contributed by atoms with Gasteiger partial charge in [-0.05, 0) is 31.2 Å². The Hall–Kier alpha value is -0.770. The van der Waals surface area contributed by atoms with Crippen LogP contribution >= 0.6 is 0 Å².